The van der Waals surface area contributed by atoms with Gasteiger partial charge in [0, 0.05) is 45.0 Å². The van der Waals surface area contributed by atoms with Crippen LogP contribution in [0.5, 0.6) is 0 Å². The Balaban J connectivity index is 1.64. The van der Waals surface area contributed by atoms with Gasteiger partial charge in [0.25, 0.3) is 5.91 Å². The standard InChI is InChI=1S/C27H34N4O5/c1-6-35-26(33)23-21(29(5)27(34)28-24(23)20-14-17(2)9-10-18(20)3)16-30-11-12-31(19(4)15-30)25(32)22-8-7-13-36-22/h7-10,13-14,19,24H,6,11-12,15-16H2,1-5H3,(H,28,34)/t19-,24-/m1/s1. The number of likely N-dealkylation sites (N-methyl/N-ethyl adjacent to an activating group) is 1. The van der Waals surface area contributed by atoms with Crippen LogP contribution >= 0.6 is 0 Å². The van der Waals surface area contributed by atoms with Gasteiger partial charge in [-0.1, -0.05) is 23.8 Å². The van der Waals surface area contributed by atoms with Gasteiger partial charge in [0.05, 0.1) is 24.5 Å². The molecule has 0 saturated carbocycles. The Morgan fingerprint density at radius 1 is 1.19 bits per heavy atom. The van der Waals surface area contributed by atoms with Gasteiger partial charge in [-0.3, -0.25) is 14.6 Å². The molecule has 0 unspecified atom stereocenters. The average Bonchev–Trinajstić information content (AvgIpc) is 3.38. The Kier molecular flexibility index (Phi) is 7.49. The number of furan rings is 1. The number of nitrogens with one attached hydrogen (secondary N) is 1. The third-order valence-electron chi connectivity index (χ3n) is 6.90. The fraction of sp³-hybridized carbons (Fsp3) is 0.444. The molecule has 1 saturated heterocycles. The first kappa shape index (κ1) is 25.5. The summed E-state index contributed by atoms with van der Waals surface area (Å²) < 4.78 is 10.8. The predicted molar refractivity (Wildman–Crippen MR) is 134 cm³/mol. The molecule has 4 rings (SSSR count). The SMILES string of the molecule is CCOC(=O)C1=C(CN2CCN(C(=O)c3ccco3)[C@H](C)C2)N(C)C(=O)N[C@@H]1c1cc(C)ccc1C. The minimum Gasteiger partial charge on any atom is -0.463 e. The van der Waals surface area contributed by atoms with E-state index in [1.807, 2.05) is 39.0 Å². The number of urea groups is 1. The Hall–Kier alpha value is -3.59. The molecule has 2 aromatic rings. The topological polar surface area (TPSA) is 95.3 Å². The summed E-state index contributed by atoms with van der Waals surface area (Å²) in [5.41, 5.74) is 3.95. The van der Waals surface area contributed by atoms with Crippen molar-refractivity contribution >= 4 is 17.9 Å². The molecule has 1 N–H and O–H groups in total. The normalized spacial score (nSPS) is 21.0. The fourth-order valence-corrected chi connectivity index (χ4v) is 4.93. The Labute approximate surface area is 211 Å². The molecular formula is C27H34N4O5. The average molecular weight is 495 g/mol. The molecule has 36 heavy (non-hydrogen) atoms. The van der Waals surface area contributed by atoms with Crippen LogP contribution < -0.4 is 5.32 Å². The van der Waals surface area contributed by atoms with Crippen LogP contribution in [0.1, 0.15) is 47.1 Å². The highest BCUT2D eigenvalue weighted by Gasteiger charge is 2.39. The lowest BCUT2D eigenvalue weighted by molar-refractivity contribution is -0.139. The predicted octanol–water partition coefficient (Wildman–Crippen LogP) is 3.26. The first-order valence-corrected chi connectivity index (χ1v) is 12.3. The van der Waals surface area contributed by atoms with Crippen LogP contribution in [0.4, 0.5) is 4.79 Å². The molecule has 192 valence electrons. The van der Waals surface area contributed by atoms with Crippen LogP contribution in [-0.2, 0) is 9.53 Å². The van der Waals surface area contributed by atoms with Crippen molar-refractivity contribution in [3.8, 4) is 0 Å². The van der Waals surface area contributed by atoms with Crippen LogP contribution in [0.3, 0.4) is 0 Å². The Morgan fingerprint density at radius 3 is 2.64 bits per heavy atom. The molecule has 1 aromatic carbocycles. The highest BCUT2D eigenvalue weighted by Crippen LogP contribution is 2.33. The summed E-state index contributed by atoms with van der Waals surface area (Å²) in [4.78, 5) is 44.6. The number of benzene rings is 1. The van der Waals surface area contributed by atoms with Crippen LogP contribution in [0.25, 0.3) is 0 Å². The van der Waals surface area contributed by atoms with Crippen molar-refractivity contribution in [1.82, 2.24) is 20.0 Å². The van der Waals surface area contributed by atoms with Crippen molar-refractivity contribution in [2.75, 3.05) is 39.8 Å². The minimum absolute atomic E-state index is 0.0690. The van der Waals surface area contributed by atoms with Crippen LogP contribution in [0.15, 0.2) is 52.3 Å². The number of ether oxygens (including phenoxy) is 1. The lowest BCUT2D eigenvalue weighted by Crippen LogP contribution is -2.56. The van der Waals surface area contributed by atoms with Crippen molar-refractivity contribution in [1.29, 1.82) is 0 Å². The molecule has 0 aliphatic carbocycles. The van der Waals surface area contributed by atoms with Crippen molar-refractivity contribution < 1.29 is 23.5 Å². The molecule has 1 aromatic heterocycles. The van der Waals surface area contributed by atoms with Crippen LogP contribution in [-0.4, -0.2) is 78.5 Å². The van der Waals surface area contributed by atoms with Gasteiger partial charge in [0.1, 0.15) is 0 Å². The number of hydrogen-bond acceptors (Lipinski definition) is 6. The number of esters is 1. The Morgan fingerprint density at radius 2 is 1.97 bits per heavy atom. The number of amides is 3. The largest absolute Gasteiger partial charge is 0.463 e. The van der Waals surface area contributed by atoms with E-state index in [1.54, 1.807) is 31.0 Å². The van der Waals surface area contributed by atoms with E-state index in [0.29, 0.717) is 43.2 Å². The summed E-state index contributed by atoms with van der Waals surface area (Å²) in [6, 6.07) is 8.42. The number of nitrogens with zero attached hydrogens (tertiary/aromatic N) is 3. The van der Waals surface area contributed by atoms with E-state index in [2.05, 4.69) is 10.2 Å². The number of aryl methyl sites for hydroxylation is 2. The molecule has 1 fully saturated rings. The van der Waals surface area contributed by atoms with Gasteiger partial charge in [-0.25, -0.2) is 9.59 Å². The summed E-state index contributed by atoms with van der Waals surface area (Å²) in [6.45, 7) is 10.0. The third-order valence-corrected chi connectivity index (χ3v) is 6.90. The summed E-state index contributed by atoms with van der Waals surface area (Å²) in [5, 5.41) is 3.00. The molecule has 9 nitrogen and oxygen atoms in total. The first-order valence-electron chi connectivity index (χ1n) is 12.3. The zero-order valence-electron chi connectivity index (χ0n) is 21.5. The van der Waals surface area contributed by atoms with Gasteiger partial charge >= 0.3 is 12.0 Å². The summed E-state index contributed by atoms with van der Waals surface area (Å²) >= 11 is 0. The quantitative estimate of drug-likeness (QED) is 0.620. The van der Waals surface area contributed by atoms with E-state index in [9.17, 15) is 14.4 Å². The molecule has 0 spiro atoms. The van der Waals surface area contributed by atoms with Gasteiger partial charge in [0.2, 0.25) is 0 Å². The van der Waals surface area contributed by atoms with Crippen LogP contribution in [0.2, 0.25) is 0 Å². The maximum atomic E-state index is 13.3. The molecule has 0 bridgehead atoms. The van der Waals surface area contributed by atoms with Crippen molar-refractivity contribution in [3.05, 3.63) is 70.3 Å². The highest BCUT2D eigenvalue weighted by atomic mass is 16.5. The number of piperazine rings is 1. The van der Waals surface area contributed by atoms with E-state index >= 15 is 0 Å². The van der Waals surface area contributed by atoms with E-state index in [0.717, 1.165) is 16.7 Å². The maximum absolute atomic E-state index is 13.3. The lowest BCUT2D eigenvalue weighted by atomic mass is 9.90. The molecule has 3 amide bonds. The van der Waals surface area contributed by atoms with Crippen LogP contribution in [0, 0.1) is 13.8 Å². The number of rotatable bonds is 6. The summed E-state index contributed by atoms with van der Waals surface area (Å²) in [7, 11) is 1.67. The zero-order chi connectivity index (χ0) is 26.0. The first-order chi connectivity index (χ1) is 17.2. The van der Waals surface area contributed by atoms with Gasteiger partial charge in [-0.15, -0.1) is 0 Å². The number of carbonyl (C=O) groups excluding carboxylic acids is 3. The number of carbonyl (C=O) groups is 3. The van der Waals surface area contributed by atoms with E-state index < -0.39 is 12.0 Å². The smallest absolute Gasteiger partial charge is 0.338 e. The molecule has 2 atom stereocenters. The molecular weight excluding hydrogens is 460 g/mol. The molecule has 2 aliphatic rings. The highest BCUT2D eigenvalue weighted by molar-refractivity contribution is 5.95. The van der Waals surface area contributed by atoms with Gasteiger partial charge in [-0.2, -0.15) is 0 Å². The summed E-state index contributed by atoms with van der Waals surface area (Å²) in [5.74, 6) is -0.254. The summed E-state index contributed by atoms with van der Waals surface area (Å²) in [6.07, 6.45) is 1.49. The lowest BCUT2D eigenvalue weighted by Gasteiger charge is -2.42. The van der Waals surface area contributed by atoms with Crippen molar-refractivity contribution in [2.45, 2.75) is 39.8 Å². The Bertz CT molecular complexity index is 1170. The second kappa shape index (κ2) is 10.6. The molecule has 9 heteroatoms. The zero-order valence-corrected chi connectivity index (χ0v) is 21.5. The van der Waals surface area contributed by atoms with Gasteiger partial charge in [-0.05, 0) is 51.0 Å². The van der Waals surface area contributed by atoms with Gasteiger partial charge in [0.15, 0.2) is 5.76 Å². The molecule has 3 heterocycles. The van der Waals surface area contributed by atoms with Gasteiger partial charge < -0.3 is 19.4 Å². The second-order valence-corrected chi connectivity index (χ2v) is 9.44. The third kappa shape index (κ3) is 5.02. The van der Waals surface area contributed by atoms with E-state index in [4.69, 9.17) is 9.15 Å². The van der Waals surface area contributed by atoms with Crippen molar-refractivity contribution in [2.24, 2.45) is 0 Å². The molecule has 0 radical (unpaired) electrons. The number of hydrogen-bond donors (Lipinski definition) is 1. The second-order valence-electron chi connectivity index (χ2n) is 9.44. The van der Waals surface area contributed by atoms with Crippen molar-refractivity contribution in [3.63, 3.8) is 0 Å². The molecule has 2 aliphatic heterocycles. The van der Waals surface area contributed by atoms with E-state index in [-0.39, 0.29) is 24.6 Å². The monoisotopic (exact) mass is 494 g/mol. The fourth-order valence-electron chi connectivity index (χ4n) is 4.93. The van der Waals surface area contributed by atoms with E-state index in [1.165, 1.54) is 11.2 Å². The minimum atomic E-state index is -0.609. The maximum Gasteiger partial charge on any atom is 0.338 e.